The third kappa shape index (κ3) is 3.32. The van der Waals surface area contributed by atoms with E-state index in [9.17, 15) is 18.8 Å². The van der Waals surface area contributed by atoms with Gasteiger partial charge in [0.2, 0.25) is 0 Å². The molecule has 2 aromatic rings. The van der Waals surface area contributed by atoms with Gasteiger partial charge in [0.25, 0.3) is 11.8 Å². The van der Waals surface area contributed by atoms with E-state index in [1.54, 1.807) is 24.3 Å². The minimum atomic E-state index is -0.992. The normalized spacial score (nSPS) is 16.0. The Hall–Kier alpha value is -3.48. The second kappa shape index (κ2) is 7.18. The van der Waals surface area contributed by atoms with E-state index in [1.165, 1.54) is 24.3 Å². The van der Waals surface area contributed by atoms with Gasteiger partial charge in [-0.25, -0.2) is 14.1 Å². The van der Waals surface area contributed by atoms with Gasteiger partial charge in [-0.2, -0.15) is 0 Å². The summed E-state index contributed by atoms with van der Waals surface area (Å²) in [7, 11) is 0. The number of para-hydroxylation sites is 1. The summed E-state index contributed by atoms with van der Waals surface area (Å²) in [5.74, 6) is -1.82. The molecule has 0 spiro atoms. The Morgan fingerprint density at radius 2 is 1.77 bits per heavy atom. The highest BCUT2D eigenvalue weighted by Gasteiger charge is 2.37. The number of carbonyl (C=O) groups excluding carboxylic acids is 3. The summed E-state index contributed by atoms with van der Waals surface area (Å²) >= 11 is 0. The Morgan fingerprint density at radius 3 is 2.42 bits per heavy atom. The van der Waals surface area contributed by atoms with E-state index in [0.717, 1.165) is 6.07 Å². The number of halogens is 1. The lowest BCUT2D eigenvalue weighted by Crippen LogP contribution is -2.54. The molecule has 2 aromatic carbocycles. The third-order valence-corrected chi connectivity index (χ3v) is 3.70. The van der Waals surface area contributed by atoms with Crippen LogP contribution >= 0.6 is 0 Å². The molecule has 132 valence electrons. The van der Waals surface area contributed by atoms with Crippen molar-refractivity contribution >= 4 is 29.6 Å². The van der Waals surface area contributed by atoms with E-state index in [4.69, 9.17) is 4.74 Å². The van der Waals surface area contributed by atoms with Gasteiger partial charge < -0.3 is 4.74 Å². The maximum atomic E-state index is 14.0. The molecule has 1 fully saturated rings. The van der Waals surface area contributed by atoms with Crippen LogP contribution in [0, 0.1) is 5.82 Å². The van der Waals surface area contributed by atoms with Gasteiger partial charge in [0.05, 0.1) is 12.3 Å². The molecule has 1 aliphatic heterocycles. The highest BCUT2D eigenvalue weighted by Crippen LogP contribution is 2.24. The zero-order valence-electron chi connectivity index (χ0n) is 13.9. The maximum Gasteiger partial charge on any atom is 0.336 e. The molecular formula is C19H15FN2O4. The predicted octanol–water partition coefficient (Wildman–Crippen LogP) is 2.89. The Balaban J connectivity index is 1.96. The van der Waals surface area contributed by atoms with Crippen LogP contribution < -0.4 is 15.0 Å². The third-order valence-electron chi connectivity index (χ3n) is 3.70. The zero-order valence-corrected chi connectivity index (χ0v) is 13.9. The number of benzene rings is 2. The zero-order chi connectivity index (χ0) is 18.7. The summed E-state index contributed by atoms with van der Waals surface area (Å²) in [6.07, 6.45) is 1.34. The number of anilines is 1. The molecule has 26 heavy (non-hydrogen) atoms. The first-order chi connectivity index (χ1) is 12.5. The van der Waals surface area contributed by atoms with Crippen LogP contribution in [-0.4, -0.2) is 24.5 Å². The summed E-state index contributed by atoms with van der Waals surface area (Å²) in [6, 6.07) is 11.1. The average Bonchev–Trinajstić information content (AvgIpc) is 2.62. The van der Waals surface area contributed by atoms with Crippen LogP contribution in [0.2, 0.25) is 0 Å². The SMILES string of the molecule is CCOc1ccc(C=C2C(=O)NC(=O)N(c3ccccc3F)C2=O)cc1. The first kappa shape index (κ1) is 17.3. The summed E-state index contributed by atoms with van der Waals surface area (Å²) < 4.78 is 19.3. The quantitative estimate of drug-likeness (QED) is 0.677. The van der Waals surface area contributed by atoms with Gasteiger partial charge >= 0.3 is 6.03 Å². The summed E-state index contributed by atoms with van der Waals surface area (Å²) in [6.45, 7) is 2.37. The molecule has 4 amide bonds. The monoisotopic (exact) mass is 354 g/mol. The van der Waals surface area contributed by atoms with Crippen LogP contribution in [0.3, 0.4) is 0 Å². The molecule has 0 aliphatic carbocycles. The summed E-state index contributed by atoms with van der Waals surface area (Å²) in [5.41, 5.74) is 0.0758. The average molecular weight is 354 g/mol. The standard InChI is InChI=1S/C19H15FN2O4/c1-2-26-13-9-7-12(8-10-13)11-14-17(23)21-19(25)22(18(14)24)16-6-4-3-5-15(16)20/h3-11H,2H2,1H3,(H,21,23,25). The number of rotatable bonds is 4. The highest BCUT2D eigenvalue weighted by atomic mass is 19.1. The predicted molar refractivity (Wildman–Crippen MR) is 93.0 cm³/mol. The number of urea groups is 1. The molecule has 0 bridgehead atoms. The van der Waals surface area contributed by atoms with Crippen LogP contribution in [0.25, 0.3) is 6.08 Å². The largest absolute Gasteiger partial charge is 0.494 e. The van der Waals surface area contributed by atoms with Crippen LogP contribution in [-0.2, 0) is 9.59 Å². The van der Waals surface area contributed by atoms with Crippen molar-refractivity contribution < 1.29 is 23.5 Å². The van der Waals surface area contributed by atoms with Gasteiger partial charge in [-0.05, 0) is 42.8 Å². The Kier molecular flexibility index (Phi) is 4.79. The number of nitrogens with one attached hydrogen (secondary N) is 1. The van der Waals surface area contributed by atoms with Gasteiger partial charge in [-0.15, -0.1) is 0 Å². The van der Waals surface area contributed by atoms with Crippen molar-refractivity contribution in [1.29, 1.82) is 0 Å². The van der Waals surface area contributed by atoms with E-state index in [1.807, 2.05) is 6.92 Å². The molecule has 1 N–H and O–H groups in total. The summed E-state index contributed by atoms with van der Waals surface area (Å²) in [4.78, 5) is 37.4. The number of nitrogens with zero attached hydrogens (tertiary/aromatic N) is 1. The van der Waals surface area contributed by atoms with Crippen molar-refractivity contribution in [1.82, 2.24) is 5.32 Å². The van der Waals surface area contributed by atoms with Crippen LogP contribution in [0.15, 0.2) is 54.1 Å². The number of hydrogen-bond donors (Lipinski definition) is 1. The van der Waals surface area contributed by atoms with E-state index < -0.39 is 23.7 Å². The first-order valence-corrected chi connectivity index (χ1v) is 7.90. The van der Waals surface area contributed by atoms with Crippen molar-refractivity contribution in [2.24, 2.45) is 0 Å². The lowest BCUT2D eigenvalue weighted by molar-refractivity contribution is -0.122. The van der Waals surface area contributed by atoms with Crippen LogP contribution in [0.5, 0.6) is 5.75 Å². The molecule has 7 heteroatoms. The lowest BCUT2D eigenvalue weighted by atomic mass is 10.1. The number of barbiturate groups is 1. The van der Waals surface area contributed by atoms with Crippen molar-refractivity contribution in [2.75, 3.05) is 11.5 Å². The second-order valence-electron chi connectivity index (χ2n) is 5.41. The molecule has 0 radical (unpaired) electrons. The van der Waals surface area contributed by atoms with Crippen molar-refractivity contribution in [3.05, 3.63) is 65.5 Å². The maximum absolute atomic E-state index is 14.0. The van der Waals surface area contributed by atoms with Gasteiger partial charge in [-0.1, -0.05) is 24.3 Å². The van der Waals surface area contributed by atoms with Gasteiger partial charge in [0.15, 0.2) is 0 Å². The number of amides is 4. The van der Waals surface area contributed by atoms with Gasteiger partial charge in [0.1, 0.15) is 17.1 Å². The van der Waals surface area contributed by atoms with Crippen molar-refractivity contribution in [3.63, 3.8) is 0 Å². The molecular weight excluding hydrogens is 339 g/mol. The highest BCUT2D eigenvalue weighted by molar-refractivity contribution is 6.39. The van der Waals surface area contributed by atoms with E-state index >= 15 is 0 Å². The lowest BCUT2D eigenvalue weighted by Gasteiger charge is -2.26. The van der Waals surface area contributed by atoms with Crippen LogP contribution in [0.4, 0.5) is 14.9 Å². The number of hydrogen-bond acceptors (Lipinski definition) is 4. The molecule has 0 saturated carbocycles. The fraction of sp³-hybridized carbons (Fsp3) is 0.105. The minimum Gasteiger partial charge on any atom is -0.494 e. The minimum absolute atomic E-state index is 0.222. The number of ether oxygens (including phenoxy) is 1. The fourth-order valence-electron chi connectivity index (χ4n) is 2.50. The molecule has 1 heterocycles. The summed E-state index contributed by atoms with van der Waals surface area (Å²) in [5, 5.41) is 2.06. The van der Waals surface area contributed by atoms with Crippen molar-refractivity contribution in [3.8, 4) is 5.75 Å². The van der Waals surface area contributed by atoms with Crippen molar-refractivity contribution in [2.45, 2.75) is 6.92 Å². The van der Waals surface area contributed by atoms with Gasteiger partial charge in [-0.3, -0.25) is 14.9 Å². The topological polar surface area (TPSA) is 75.7 Å². The van der Waals surface area contributed by atoms with Gasteiger partial charge in [0, 0.05) is 0 Å². The molecule has 3 rings (SSSR count). The molecule has 0 atom stereocenters. The van der Waals surface area contributed by atoms with Crippen LogP contribution in [0.1, 0.15) is 12.5 Å². The molecule has 6 nitrogen and oxygen atoms in total. The molecule has 1 saturated heterocycles. The Bertz CT molecular complexity index is 906. The molecule has 1 aliphatic rings. The number of imide groups is 2. The van der Waals surface area contributed by atoms with E-state index in [-0.39, 0.29) is 11.3 Å². The fourth-order valence-corrected chi connectivity index (χ4v) is 2.50. The first-order valence-electron chi connectivity index (χ1n) is 7.90. The number of carbonyl (C=O) groups is 3. The Labute approximate surface area is 148 Å². The van der Waals surface area contributed by atoms with E-state index in [2.05, 4.69) is 5.32 Å². The molecule has 0 aromatic heterocycles. The molecule has 0 unspecified atom stereocenters. The van der Waals surface area contributed by atoms with E-state index in [0.29, 0.717) is 22.8 Å². The second-order valence-corrected chi connectivity index (χ2v) is 5.41. The smallest absolute Gasteiger partial charge is 0.336 e. The Morgan fingerprint density at radius 1 is 1.08 bits per heavy atom.